The first kappa shape index (κ1) is 31.6. The van der Waals surface area contributed by atoms with E-state index in [0.717, 1.165) is 25.7 Å². The van der Waals surface area contributed by atoms with Crippen molar-refractivity contribution < 1.29 is 41.8 Å². The third-order valence-corrected chi connectivity index (χ3v) is 7.98. The van der Waals surface area contributed by atoms with Crippen molar-refractivity contribution in [2.75, 3.05) is 32.7 Å². The van der Waals surface area contributed by atoms with Gasteiger partial charge in [-0.1, -0.05) is 18.1 Å². The number of hydrogen-bond acceptors (Lipinski definition) is 15. The minimum atomic E-state index is -2.73. The van der Waals surface area contributed by atoms with Crippen LogP contribution in [0.3, 0.4) is 0 Å². The summed E-state index contributed by atoms with van der Waals surface area (Å²) in [6.07, 6.45) is 4.37. The number of anilines is 1. The fourth-order valence-electron chi connectivity index (χ4n) is 4.27. The number of unbranched alkanes of at least 4 members (excludes halogenated alkanes) is 3. The van der Waals surface area contributed by atoms with Gasteiger partial charge in [0.15, 0.2) is 17.7 Å². The molecule has 6 atom stereocenters. The van der Waals surface area contributed by atoms with Crippen molar-refractivity contribution in [1.82, 2.24) is 34.5 Å². The molecule has 0 amide bonds. The number of imidazole rings is 1. The largest absolute Gasteiger partial charge is 0.387 e. The van der Waals surface area contributed by atoms with Gasteiger partial charge in [0.1, 0.15) is 35.8 Å². The molecule has 3 aromatic heterocycles. The van der Waals surface area contributed by atoms with Crippen molar-refractivity contribution in [1.29, 1.82) is 0 Å². The van der Waals surface area contributed by atoms with Gasteiger partial charge >= 0.3 is 16.5 Å². The predicted molar refractivity (Wildman–Crippen MR) is 145 cm³/mol. The Bertz CT molecular complexity index is 1290. The van der Waals surface area contributed by atoms with E-state index in [1.807, 2.05) is 0 Å². The van der Waals surface area contributed by atoms with Gasteiger partial charge in [-0.2, -0.15) is 0 Å². The molecular weight excluding hydrogens is 582 g/mol. The number of nitrogens with zero attached hydrogens (tertiary/aromatic N) is 7. The Labute approximate surface area is 237 Å². The predicted octanol–water partition coefficient (Wildman–Crippen LogP) is 1.90. The normalized spacial score (nSPS) is 22.4. The number of aromatic nitrogens is 7. The highest BCUT2D eigenvalue weighted by atomic mass is 31.1. The summed E-state index contributed by atoms with van der Waals surface area (Å²) in [4.78, 5) is 12.5. The average molecular weight is 619 g/mol. The number of nitrogen functional groups attached to an aromatic ring is 1. The van der Waals surface area contributed by atoms with Gasteiger partial charge in [0, 0.05) is 13.7 Å². The average Bonchev–Trinajstić information content (AvgIpc) is 3.68. The lowest BCUT2D eigenvalue weighted by atomic mass is 10.1. The maximum atomic E-state index is 11.9. The molecule has 1 aliphatic rings. The molecule has 0 aliphatic carbocycles. The molecular formula is C22H36N8O9P2. The molecule has 0 bridgehead atoms. The minimum Gasteiger partial charge on any atom is -0.387 e. The maximum Gasteiger partial charge on any atom is 0.319 e. The van der Waals surface area contributed by atoms with E-state index in [9.17, 15) is 14.2 Å². The molecule has 0 aromatic carbocycles. The van der Waals surface area contributed by atoms with Gasteiger partial charge in [-0.25, -0.2) is 15.0 Å². The Kier molecular flexibility index (Phi) is 12.2. The molecule has 1 aliphatic heterocycles. The Morgan fingerprint density at radius 3 is 2.73 bits per heavy atom. The van der Waals surface area contributed by atoms with Crippen LogP contribution in [0.2, 0.25) is 0 Å². The number of aliphatic hydroxyl groups excluding tert-OH is 1. The van der Waals surface area contributed by atoms with E-state index >= 15 is 0 Å². The van der Waals surface area contributed by atoms with Gasteiger partial charge in [-0.15, -0.1) is 5.10 Å². The summed E-state index contributed by atoms with van der Waals surface area (Å²) in [6, 6.07) is 0. The van der Waals surface area contributed by atoms with Gasteiger partial charge < -0.3 is 38.4 Å². The second-order valence-electron chi connectivity index (χ2n) is 9.10. The molecule has 41 heavy (non-hydrogen) atoms. The van der Waals surface area contributed by atoms with Crippen LogP contribution in [0.15, 0.2) is 18.9 Å². The van der Waals surface area contributed by atoms with E-state index in [2.05, 4.69) is 29.8 Å². The minimum absolute atomic E-state index is 0.0461. The summed E-state index contributed by atoms with van der Waals surface area (Å²) in [6.45, 7) is 2.88. The topological polar surface area (TPSA) is 210 Å². The van der Waals surface area contributed by atoms with Crippen LogP contribution >= 0.6 is 16.5 Å². The van der Waals surface area contributed by atoms with Crippen LogP contribution in [0, 0.1) is 0 Å². The van der Waals surface area contributed by atoms with Gasteiger partial charge in [0.05, 0.1) is 39.0 Å². The zero-order valence-corrected chi connectivity index (χ0v) is 24.8. The summed E-state index contributed by atoms with van der Waals surface area (Å²) < 4.78 is 58.4. The first-order valence-corrected chi connectivity index (χ1v) is 15.6. The summed E-state index contributed by atoms with van der Waals surface area (Å²) >= 11 is 0. The molecule has 17 nitrogen and oxygen atoms in total. The van der Waals surface area contributed by atoms with Gasteiger partial charge in [0.25, 0.3) is 0 Å². The highest BCUT2D eigenvalue weighted by Crippen LogP contribution is 2.36. The molecule has 19 heteroatoms. The number of aliphatic hydroxyl groups is 1. The van der Waals surface area contributed by atoms with Gasteiger partial charge in [-0.3, -0.25) is 18.4 Å². The number of ether oxygens (including phenoxy) is 2. The van der Waals surface area contributed by atoms with Gasteiger partial charge in [-0.05, 0) is 19.8 Å². The van der Waals surface area contributed by atoms with E-state index in [-0.39, 0.29) is 25.6 Å². The second-order valence-corrected chi connectivity index (χ2v) is 11.4. The number of fused-ring (bicyclic) bond motifs is 1. The Morgan fingerprint density at radius 1 is 1.10 bits per heavy atom. The van der Waals surface area contributed by atoms with E-state index in [0.29, 0.717) is 30.0 Å². The molecule has 228 valence electrons. The standard InChI is InChI=1S/C22H36N8O9P2/c1-3-36-41(33)38-12-16-18(31)19(22(39-16)30-14-26-17-20(23)24-13-25-21(17)30)35-11-15-10-29(28-27-15)8-6-4-5-7-9-37-40(32)34-2/h10,13-14,16,18-19,22,31,40-41H,3-9,11-12H2,1-2H3,(H2,23,24,25)/t16-,18?,19?,22-/m1/s1. The highest BCUT2D eigenvalue weighted by molar-refractivity contribution is 7.33. The van der Waals surface area contributed by atoms with Crippen LogP contribution in [-0.4, -0.2) is 84.9 Å². The first-order chi connectivity index (χ1) is 19.9. The summed E-state index contributed by atoms with van der Waals surface area (Å²) in [5.74, 6) is 0.202. The molecule has 1 fully saturated rings. The Morgan fingerprint density at radius 2 is 1.93 bits per heavy atom. The summed E-state index contributed by atoms with van der Waals surface area (Å²) in [7, 11) is -3.73. The van der Waals surface area contributed by atoms with Crippen molar-refractivity contribution >= 4 is 33.5 Å². The van der Waals surface area contributed by atoms with E-state index in [1.54, 1.807) is 22.4 Å². The van der Waals surface area contributed by atoms with Crippen LogP contribution < -0.4 is 5.73 Å². The zero-order chi connectivity index (χ0) is 29.2. The van der Waals surface area contributed by atoms with Gasteiger partial charge in [0.2, 0.25) is 0 Å². The van der Waals surface area contributed by atoms with Crippen molar-refractivity contribution in [3.63, 3.8) is 0 Å². The monoisotopic (exact) mass is 618 g/mol. The molecule has 1 saturated heterocycles. The SMILES string of the molecule is CCO[PH](=O)OC[C@H]1O[C@@H](n2cnc3c(N)ncnc32)C(OCc2cn(CCCCCCO[PH](=O)OC)nn2)C1O. The van der Waals surface area contributed by atoms with Crippen molar-refractivity contribution in [3.8, 4) is 0 Å². The smallest absolute Gasteiger partial charge is 0.319 e. The van der Waals surface area contributed by atoms with Crippen LogP contribution in [0.25, 0.3) is 11.2 Å². The quantitative estimate of drug-likeness (QED) is 0.154. The fourth-order valence-corrected chi connectivity index (χ4v) is 5.31. The molecule has 4 rings (SSSR count). The number of hydrogen-bond donors (Lipinski definition) is 2. The molecule has 3 N–H and O–H groups in total. The summed E-state index contributed by atoms with van der Waals surface area (Å²) in [5.41, 5.74) is 7.28. The number of rotatable bonds is 18. The third-order valence-electron chi connectivity index (χ3n) is 6.28. The Hall–Kier alpha value is -2.33. The van der Waals surface area contributed by atoms with Crippen molar-refractivity contribution in [3.05, 3.63) is 24.5 Å². The van der Waals surface area contributed by atoms with Crippen molar-refractivity contribution in [2.24, 2.45) is 0 Å². The molecule has 0 radical (unpaired) electrons. The molecule has 4 heterocycles. The van der Waals surface area contributed by atoms with Crippen molar-refractivity contribution in [2.45, 2.75) is 70.3 Å². The first-order valence-electron chi connectivity index (χ1n) is 13.2. The molecule has 0 saturated carbocycles. The van der Waals surface area contributed by atoms with E-state index < -0.39 is 41.0 Å². The number of aryl methyl sites for hydroxylation is 1. The second kappa shape index (κ2) is 15.8. The lowest BCUT2D eigenvalue weighted by Gasteiger charge is -2.21. The lowest BCUT2D eigenvalue weighted by molar-refractivity contribution is -0.0761. The van der Waals surface area contributed by atoms with Crippen LogP contribution in [0.4, 0.5) is 5.82 Å². The number of nitrogens with two attached hydrogens (primary N) is 1. The maximum absolute atomic E-state index is 11.9. The van der Waals surface area contributed by atoms with Crippen LogP contribution in [-0.2, 0) is 49.9 Å². The molecule has 4 unspecified atom stereocenters. The van der Waals surface area contributed by atoms with Crippen LogP contribution in [0.5, 0.6) is 0 Å². The molecule has 3 aromatic rings. The lowest BCUT2D eigenvalue weighted by Crippen LogP contribution is -2.35. The van der Waals surface area contributed by atoms with Crippen LogP contribution in [0.1, 0.15) is 44.5 Å². The summed E-state index contributed by atoms with van der Waals surface area (Å²) in [5, 5.41) is 19.4. The highest BCUT2D eigenvalue weighted by Gasteiger charge is 2.46. The fraction of sp³-hybridized carbons (Fsp3) is 0.682. The molecule has 0 spiro atoms. The van der Waals surface area contributed by atoms with E-state index in [4.69, 9.17) is 28.8 Å². The third kappa shape index (κ3) is 8.60. The van der Waals surface area contributed by atoms with E-state index in [1.165, 1.54) is 19.8 Å². The Balaban J connectivity index is 1.34. The zero-order valence-electron chi connectivity index (χ0n) is 22.8.